The van der Waals surface area contributed by atoms with Gasteiger partial charge in [-0.1, -0.05) is 12.1 Å². The molecule has 0 aliphatic carbocycles. The minimum Gasteiger partial charge on any atom is -0.487 e. The van der Waals surface area contributed by atoms with Crippen LogP contribution in [0.5, 0.6) is 5.75 Å². The number of benzene rings is 2. The van der Waals surface area contributed by atoms with Crippen molar-refractivity contribution < 1.29 is 45.7 Å². The molecule has 0 radical (unpaired) electrons. The van der Waals surface area contributed by atoms with Gasteiger partial charge in [-0.3, -0.25) is 9.48 Å². The van der Waals surface area contributed by atoms with Gasteiger partial charge in [-0.05, 0) is 48.7 Å². The fraction of sp³-hybridized carbons (Fsp3) is 0.308. The van der Waals surface area contributed by atoms with Crippen LogP contribution in [-0.4, -0.2) is 45.3 Å². The van der Waals surface area contributed by atoms with Gasteiger partial charge in [0.05, 0.1) is 29.1 Å². The number of aliphatic hydroxyl groups excluding tert-OH is 1. The molecule has 0 saturated carbocycles. The van der Waals surface area contributed by atoms with Gasteiger partial charge in [-0.2, -0.15) is 31.4 Å². The Labute approximate surface area is 219 Å². The highest BCUT2D eigenvalue weighted by Crippen LogP contribution is 2.31. The number of rotatable bonds is 8. The molecule has 0 unspecified atom stereocenters. The monoisotopic (exact) mass is 557 g/mol. The lowest BCUT2D eigenvalue weighted by Crippen LogP contribution is -2.21. The summed E-state index contributed by atoms with van der Waals surface area (Å²) >= 11 is 0. The van der Waals surface area contributed by atoms with E-state index in [1.807, 2.05) is 0 Å². The highest BCUT2D eigenvalue weighted by molar-refractivity contribution is 5.83. The van der Waals surface area contributed by atoms with E-state index in [0.29, 0.717) is 11.3 Å². The maximum atomic E-state index is 13.2. The van der Waals surface area contributed by atoms with Crippen LogP contribution in [-0.2, 0) is 35.4 Å². The van der Waals surface area contributed by atoms with Gasteiger partial charge < -0.3 is 19.1 Å². The molecule has 0 aliphatic rings. The number of aromatic nitrogens is 3. The number of hydrogen-bond acceptors (Lipinski definition) is 5. The Morgan fingerprint density at radius 3 is 2.28 bits per heavy atom. The predicted molar refractivity (Wildman–Crippen MR) is 130 cm³/mol. The van der Waals surface area contributed by atoms with E-state index < -0.39 is 30.4 Å². The lowest BCUT2D eigenvalue weighted by Gasteiger charge is -2.12. The van der Waals surface area contributed by atoms with Crippen LogP contribution in [0.15, 0.2) is 60.8 Å². The smallest absolute Gasteiger partial charge is 0.416 e. The van der Waals surface area contributed by atoms with E-state index in [4.69, 9.17) is 14.6 Å². The first kappa shape index (κ1) is 29.6. The highest BCUT2D eigenvalue weighted by Gasteiger charge is 2.31. The number of aliphatic hydroxyl groups is 1. The second kappa shape index (κ2) is 12.2. The summed E-state index contributed by atoms with van der Waals surface area (Å²) < 4.78 is 91.1. The fourth-order valence-electron chi connectivity index (χ4n) is 3.74. The Bertz CT molecular complexity index is 1390. The van der Waals surface area contributed by atoms with Crippen molar-refractivity contribution in [3.05, 3.63) is 72.1 Å². The molecular formula is C26H25F6N3O4. The van der Waals surface area contributed by atoms with Gasteiger partial charge in [-0.25, -0.2) is 0 Å². The van der Waals surface area contributed by atoms with Crippen LogP contribution in [0.2, 0.25) is 0 Å². The number of esters is 1. The van der Waals surface area contributed by atoms with Crippen LogP contribution < -0.4 is 4.74 Å². The van der Waals surface area contributed by atoms with E-state index in [9.17, 15) is 31.1 Å². The third-order valence-corrected chi connectivity index (χ3v) is 5.44. The summed E-state index contributed by atoms with van der Waals surface area (Å²) in [6.07, 6.45) is -7.41. The Hall–Kier alpha value is -4.00. The third kappa shape index (κ3) is 7.76. The van der Waals surface area contributed by atoms with E-state index in [0.717, 1.165) is 41.4 Å². The van der Waals surface area contributed by atoms with Crippen LogP contribution in [0.3, 0.4) is 0 Å². The summed E-state index contributed by atoms with van der Waals surface area (Å²) in [6.45, 7) is 0.244. The van der Waals surface area contributed by atoms with Crippen molar-refractivity contribution in [1.29, 1.82) is 0 Å². The number of alkyl halides is 6. The number of nitrogens with zero attached hydrogens (tertiary/aromatic N) is 3. The lowest BCUT2D eigenvalue weighted by molar-refractivity contribution is -0.144. The molecule has 1 N–H and O–H groups in total. The van der Waals surface area contributed by atoms with Gasteiger partial charge in [0.15, 0.2) is 0 Å². The second-order valence-corrected chi connectivity index (χ2v) is 8.13. The van der Waals surface area contributed by atoms with Gasteiger partial charge >= 0.3 is 18.3 Å². The van der Waals surface area contributed by atoms with Gasteiger partial charge in [0.2, 0.25) is 0 Å². The largest absolute Gasteiger partial charge is 0.487 e. The van der Waals surface area contributed by atoms with Crippen molar-refractivity contribution in [2.75, 3.05) is 13.7 Å². The van der Waals surface area contributed by atoms with E-state index >= 15 is 0 Å². The number of carbonyl (C=O) groups is 1. The normalized spacial score (nSPS) is 11.7. The molecule has 0 atom stereocenters. The molecule has 0 saturated heterocycles. The van der Waals surface area contributed by atoms with Crippen LogP contribution in [0.25, 0.3) is 22.2 Å². The Balaban J connectivity index is 0.00000205. The first-order chi connectivity index (χ1) is 18.4. The number of carbonyl (C=O) groups excluding carboxylic acids is 1. The minimum absolute atomic E-state index is 0.0182. The average Bonchev–Trinajstić information content (AvgIpc) is 3.46. The molecule has 4 aromatic rings. The van der Waals surface area contributed by atoms with Crippen LogP contribution in [0.1, 0.15) is 18.2 Å². The van der Waals surface area contributed by atoms with Crippen LogP contribution in [0, 0.1) is 0 Å². The molecule has 2 aromatic carbocycles. The lowest BCUT2D eigenvalue weighted by atomic mass is 10.1. The molecule has 7 nitrogen and oxygen atoms in total. The summed E-state index contributed by atoms with van der Waals surface area (Å²) in [6, 6.07) is 12.2. The Kier molecular flexibility index (Phi) is 9.28. The van der Waals surface area contributed by atoms with E-state index in [1.54, 1.807) is 42.0 Å². The van der Waals surface area contributed by atoms with Crippen molar-refractivity contribution >= 4 is 16.9 Å². The van der Waals surface area contributed by atoms with E-state index in [2.05, 4.69) is 5.10 Å². The van der Waals surface area contributed by atoms with Crippen molar-refractivity contribution in [2.24, 2.45) is 0 Å². The molecular weight excluding hydrogens is 532 g/mol. The summed E-state index contributed by atoms with van der Waals surface area (Å²) in [7, 11) is 1.00. The SMILES string of the molecule is CCOC(=O)Cn1ccc2ccc(OCc3cc(-c4ccc(C(F)(F)F)cc4)nn3CC(F)(F)F)cc21.CO. The van der Waals surface area contributed by atoms with Gasteiger partial charge in [0, 0.05) is 24.9 Å². The second-order valence-electron chi connectivity index (χ2n) is 8.13. The van der Waals surface area contributed by atoms with Crippen molar-refractivity contribution in [3.63, 3.8) is 0 Å². The molecule has 0 aliphatic heterocycles. The molecule has 0 fully saturated rings. The van der Waals surface area contributed by atoms with E-state index in [-0.39, 0.29) is 36.7 Å². The zero-order valence-corrected chi connectivity index (χ0v) is 20.9. The molecule has 2 heterocycles. The zero-order valence-electron chi connectivity index (χ0n) is 20.9. The van der Waals surface area contributed by atoms with Gasteiger partial charge in [-0.15, -0.1) is 0 Å². The van der Waals surface area contributed by atoms with Crippen LogP contribution in [0.4, 0.5) is 26.3 Å². The standard InChI is InChI=1S/C25H21F6N3O3.CH4O/c1-2-36-23(35)13-33-10-9-17-5-8-20(12-22(17)33)37-14-19-11-21(32-34(19)15-24(26,27)28)16-3-6-18(7-4-16)25(29,30)31;1-2/h3-12H,2,13-15H2,1H3;2H,1H3. The molecule has 39 heavy (non-hydrogen) atoms. The number of halogens is 6. The van der Waals surface area contributed by atoms with Crippen molar-refractivity contribution in [2.45, 2.75) is 39.0 Å². The van der Waals surface area contributed by atoms with Gasteiger partial charge in [0.1, 0.15) is 25.4 Å². The fourth-order valence-corrected chi connectivity index (χ4v) is 3.74. The molecule has 2 aromatic heterocycles. The van der Waals surface area contributed by atoms with Crippen LogP contribution >= 0.6 is 0 Å². The van der Waals surface area contributed by atoms with Crippen molar-refractivity contribution in [3.8, 4) is 17.0 Å². The molecule has 0 amide bonds. The molecule has 210 valence electrons. The predicted octanol–water partition coefficient (Wildman–Crippen LogP) is 5.84. The Morgan fingerprint density at radius 2 is 1.67 bits per heavy atom. The summed E-state index contributed by atoms with van der Waals surface area (Å²) in [4.78, 5) is 11.9. The zero-order chi connectivity index (χ0) is 28.8. The first-order valence-corrected chi connectivity index (χ1v) is 11.6. The number of fused-ring (bicyclic) bond motifs is 1. The quantitative estimate of drug-likeness (QED) is 0.218. The first-order valence-electron chi connectivity index (χ1n) is 11.6. The minimum atomic E-state index is -4.58. The summed E-state index contributed by atoms with van der Waals surface area (Å²) in [5.41, 5.74) is 0.176. The molecule has 4 rings (SSSR count). The molecule has 0 spiro atoms. The topological polar surface area (TPSA) is 78.5 Å². The summed E-state index contributed by atoms with van der Waals surface area (Å²) in [5, 5.41) is 11.8. The van der Waals surface area contributed by atoms with Crippen molar-refractivity contribution in [1.82, 2.24) is 14.3 Å². The van der Waals surface area contributed by atoms with E-state index in [1.165, 1.54) is 6.07 Å². The molecule has 0 bridgehead atoms. The molecule has 13 heteroatoms. The number of ether oxygens (including phenoxy) is 2. The maximum absolute atomic E-state index is 13.2. The summed E-state index contributed by atoms with van der Waals surface area (Å²) in [5.74, 6) is -0.0784. The van der Waals surface area contributed by atoms with Gasteiger partial charge in [0.25, 0.3) is 0 Å². The average molecular weight is 557 g/mol. The Morgan fingerprint density at radius 1 is 0.974 bits per heavy atom. The number of hydrogen-bond donors (Lipinski definition) is 1. The third-order valence-electron chi connectivity index (χ3n) is 5.44. The highest BCUT2D eigenvalue weighted by atomic mass is 19.4. The maximum Gasteiger partial charge on any atom is 0.416 e.